The maximum atomic E-state index is 12.8. The Morgan fingerprint density at radius 2 is 1.95 bits per heavy atom. The Hall–Kier alpha value is -1.43. The Labute approximate surface area is 123 Å². The molecule has 2 atom stereocenters. The third-order valence-corrected chi connectivity index (χ3v) is 5.45. The summed E-state index contributed by atoms with van der Waals surface area (Å²) >= 11 is 0. The molecule has 6 nitrogen and oxygen atoms in total. The van der Waals surface area contributed by atoms with Crippen molar-refractivity contribution in [1.82, 2.24) is 4.90 Å². The van der Waals surface area contributed by atoms with Crippen LogP contribution in [0.25, 0.3) is 0 Å². The summed E-state index contributed by atoms with van der Waals surface area (Å²) in [4.78, 5) is 38.0. The molecule has 0 aromatic carbocycles. The van der Waals surface area contributed by atoms with Gasteiger partial charge in [-0.2, -0.15) is 0 Å². The summed E-state index contributed by atoms with van der Waals surface area (Å²) in [7, 11) is 0. The second-order valence-electron chi connectivity index (χ2n) is 6.84. The standard InChI is InChI=1S/C15H21NO5/c1-14(13(19)20)9-21-8-10(14)16-11(17)7-15(12(16)18)5-3-2-4-6-15/h10H,2-9H2,1H3,(H,19,20). The maximum Gasteiger partial charge on any atom is 0.313 e. The molecular weight excluding hydrogens is 274 g/mol. The normalized spacial score (nSPS) is 35.7. The number of nitrogens with zero attached hydrogens (tertiary/aromatic N) is 1. The van der Waals surface area contributed by atoms with Crippen molar-refractivity contribution in [2.75, 3.05) is 13.2 Å². The van der Waals surface area contributed by atoms with E-state index in [9.17, 15) is 19.5 Å². The van der Waals surface area contributed by atoms with Gasteiger partial charge in [-0.3, -0.25) is 19.3 Å². The van der Waals surface area contributed by atoms with Crippen LogP contribution in [0.1, 0.15) is 45.4 Å². The van der Waals surface area contributed by atoms with Crippen LogP contribution in [0.5, 0.6) is 0 Å². The monoisotopic (exact) mass is 295 g/mol. The molecule has 0 aromatic heterocycles. The highest BCUT2D eigenvalue weighted by atomic mass is 16.5. The molecule has 1 N–H and O–H groups in total. The first-order valence-corrected chi connectivity index (χ1v) is 7.58. The van der Waals surface area contributed by atoms with Crippen molar-refractivity contribution in [2.45, 2.75) is 51.5 Å². The van der Waals surface area contributed by atoms with Crippen molar-refractivity contribution in [2.24, 2.45) is 10.8 Å². The van der Waals surface area contributed by atoms with Gasteiger partial charge < -0.3 is 9.84 Å². The fourth-order valence-corrected chi connectivity index (χ4v) is 3.98. The van der Waals surface area contributed by atoms with Crippen molar-refractivity contribution < 1.29 is 24.2 Å². The van der Waals surface area contributed by atoms with E-state index >= 15 is 0 Å². The van der Waals surface area contributed by atoms with E-state index in [1.54, 1.807) is 6.92 Å². The lowest BCUT2D eigenvalue weighted by atomic mass is 9.73. The number of rotatable bonds is 2. The zero-order valence-electron chi connectivity index (χ0n) is 12.3. The number of hydrogen-bond acceptors (Lipinski definition) is 4. The predicted octanol–water partition coefficient (Wildman–Crippen LogP) is 1.19. The Bertz CT molecular complexity index is 496. The molecule has 0 aromatic rings. The number of imide groups is 1. The maximum absolute atomic E-state index is 12.8. The lowest BCUT2D eigenvalue weighted by Crippen LogP contribution is -2.53. The van der Waals surface area contributed by atoms with Crippen molar-refractivity contribution in [1.29, 1.82) is 0 Å². The number of hydrogen-bond donors (Lipinski definition) is 1. The highest BCUT2D eigenvalue weighted by molar-refractivity contribution is 6.06. The number of aliphatic carboxylic acids is 1. The van der Waals surface area contributed by atoms with Gasteiger partial charge >= 0.3 is 5.97 Å². The minimum Gasteiger partial charge on any atom is -0.481 e. The summed E-state index contributed by atoms with van der Waals surface area (Å²) in [6.07, 6.45) is 4.74. The zero-order valence-corrected chi connectivity index (χ0v) is 12.3. The van der Waals surface area contributed by atoms with Crippen LogP contribution in [-0.2, 0) is 19.1 Å². The molecule has 2 amide bonds. The highest BCUT2D eigenvalue weighted by Crippen LogP contribution is 2.48. The van der Waals surface area contributed by atoms with Crippen LogP contribution >= 0.6 is 0 Å². The third kappa shape index (κ3) is 1.99. The summed E-state index contributed by atoms with van der Waals surface area (Å²) in [6, 6.07) is -0.684. The van der Waals surface area contributed by atoms with Crippen LogP contribution in [0.4, 0.5) is 0 Å². The molecule has 1 spiro atoms. The molecule has 0 bridgehead atoms. The third-order valence-electron chi connectivity index (χ3n) is 5.45. The Morgan fingerprint density at radius 1 is 1.29 bits per heavy atom. The number of carbonyl (C=O) groups excluding carboxylic acids is 2. The lowest BCUT2D eigenvalue weighted by molar-refractivity contribution is -0.155. The van der Waals surface area contributed by atoms with Gasteiger partial charge in [0.1, 0.15) is 5.41 Å². The van der Waals surface area contributed by atoms with E-state index in [2.05, 4.69) is 0 Å². The summed E-state index contributed by atoms with van der Waals surface area (Å²) in [6.45, 7) is 1.72. The first-order valence-electron chi connectivity index (χ1n) is 7.58. The molecule has 3 fully saturated rings. The number of carbonyl (C=O) groups is 3. The average molecular weight is 295 g/mol. The van der Waals surface area contributed by atoms with Crippen LogP contribution in [0.2, 0.25) is 0 Å². The average Bonchev–Trinajstić information content (AvgIpc) is 2.92. The van der Waals surface area contributed by atoms with Crippen LogP contribution < -0.4 is 0 Å². The van der Waals surface area contributed by atoms with Crippen molar-refractivity contribution in [3.05, 3.63) is 0 Å². The summed E-state index contributed by atoms with van der Waals surface area (Å²) in [5.74, 6) is -1.42. The Balaban J connectivity index is 1.90. The number of likely N-dealkylation sites (tertiary alicyclic amines) is 1. The molecule has 3 aliphatic rings. The lowest BCUT2D eigenvalue weighted by Gasteiger charge is -2.34. The van der Waals surface area contributed by atoms with E-state index in [1.165, 1.54) is 4.90 Å². The van der Waals surface area contributed by atoms with Crippen molar-refractivity contribution in [3.8, 4) is 0 Å². The molecule has 6 heteroatoms. The summed E-state index contributed by atoms with van der Waals surface area (Å²) < 4.78 is 5.29. The molecule has 2 saturated heterocycles. The van der Waals surface area contributed by atoms with Gasteiger partial charge in [0.25, 0.3) is 0 Å². The molecule has 2 aliphatic heterocycles. The number of carboxylic acids is 1. The molecule has 21 heavy (non-hydrogen) atoms. The van der Waals surface area contributed by atoms with E-state index in [1.807, 2.05) is 0 Å². The molecule has 2 heterocycles. The van der Waals surface area contributed by atoms with Gasteiger partial charge in [0.05, 0.1) is 24.7 Å². The van der Waals surface area contributed by atoms with Crippen molar-refractivity contribution in [3.63, 3.8) is 0 Å². The van der Waals surface area contributed by atoms with E-state index in [0.29, 0.717) is 0 Å². The number of amides is 2. The molecule has 2 unspecified atom stereocenters. The minimum atomic E-state index is -1.20. The fourth-order valence-electron chi connectivity index (χ4n) is 3.98. The van der Waals surface area contributed by atoms with E-state index < -0.39 is 22.8 Å². The fraction of sp³-hybridized carbons (Fsp3) is 0.800. The van der Waals surface area contributed by atoms with Crippen LogP contribution in [-0.4, -0.2) is 47.0 Å². The zero-order chi connectivity index (χ0) is 15.3. The van der Waals surface area contributed by atoms with E-state index in [0.717, 1.165) is 32.1 Å². The van der Waals surface area contributed by atoms with Crippen LogP contribution in [0.3, 0.4) is 0 Å². The topological polar surface area (TPSA) is 83.9 Å². The Kier molecular flexibility index (Phi) is 3.31. The molecule has 1 saturated carbocycles. The molecular formula is C15H21NO5. The van der Waals surface area contributed by atoms with Gasteiger partial charge in [-0.15, -0.1) is 0 Å². The van der Waals surface area contributed by atoms with Crippen molar-refractivity contribution >= 4 is 17.8 Å². The first-order chi connectivity index (χ1) is 9.91. The van der Waals surface area contributed by atoms with E-state index in [4.69, 9.17) is 4.74 Å². The summed E-state index contributed by atoms with van der Waals surface area (Å²) in [5, 5.41) is 9.45. The van der Waals surface area contributed by atoms with Gasteiger partial charge in [0.2, 0.25) is 11.8 Å². The van der Waals surface area contributed by atoms with Gasteiger partial charge in [-0.05, 0) is 19.8 Å². The van der Waals surface area contributed by atoms with Gasteiger partial charge in [-0.25, -0.2) is 0 Å². The molecule has 3 rings (SSSR count). The first kappa shape index (κ1) is 14.5. The molecule has 1 aliphatic carbocycles. The predicted molar refractivity (Wildman–Crippen MR) is 72.3 cm³/mol. The number of carboxylic acid groups (broad SMARTS) is 1. The quantitative estimate of drug-likeness (QED) is 0.773. The summed E-state index contributed by atoms with van der Waals surface area (Å²) in [5.41, 5.74) is -1.77. The molecule has 116 valence electrons. The second-order valence-corrected chi connectivity index (χ2v) is 6.84. The smallest absolute Gasteiger partial charge is 0.313 e. The highest BCUT2D eigenvalue weighted by Gasteiger charge is 2.59. The van der Waals surface area contributed by atoms with Gasteiger partial charge in [0.15, 0.2) is 0 Å². The Morgan fingerprint density at radius 3 is 2.57 bits per heavy atom. The van der Waals surface area contributed by atoms with Gasteiger partial charge in [0, 0.05) is 6.42 Å². The van der Waals surface area contributed by atoms with Crippen LogP contribution in [0, 0.1) is 10.8 Å². The SMILES string of the molecule is CC1(C(=O)O)COCC1N1C(=O)CC2(CCCCC2)C1=O. The molecule has 0 radical (unpaired) electrons. The minimum absolute atomic E-state index is 0.0388. The second kappa shape index (κ2) is 4.80. The van der Waals surface area contributed by atoms with Crippen LogP contribution in [0.15, 0.2) is 0 Å². The van der Waals surface area contributed by atoms with Gasteiger partial charge in [-0.1, -0.05) is 19.3 Å². The van der Waals surface area contributed by atoms with E-state index in [-0.39, 0.29) is 31.4 Å². The number of ether oxygens (including phenoxy) is 1. The largest absolute Gasteiger partial charge is 0.481 e.